The van der Waals surface area contributed by atoms with Crippen molar-refractivity contribution in [2.24, 2.45) is 0 Å². The molecule has 0 spiro atoms. The Morgan fingerprint density at radius 2 is 0.642 bits per heavy atom. The topological polar surface area (TPSA) is 66.2 Å². The summed E-state index contributed by atoms with van der Waals surface area (Å²) in [5.74, 6) is 0. The van der Waals surface area contributed by atoms with Crippen molar-refractivity contribution in [2.75, 3.05) is 0 Å². The fourth-order valence-electron chi connectivity index (χ4n) is 5.67. The second-order valence-corrected chi connectivity index (χ2v) is 13.9. The Labute approximate surface area is 327 Å². The van der Waals surface area contributed by atoms with E-state index in [1.54, 1.807) is 24.5 Å². The van der Waals surface area contributed by atoms with Gasteiger partial charge in [0.2, 0.25) is 0 Å². The van der Waals surface area contributed by atoms with Gasteiger partial charge in [-0.15, -0.1) is 0 Å². The predicted molar refractivity (Wildman–Crippen MR) is 227 cm³/mol. The molecule has 0 saturated heterocycles. The molecular weight excluding hydrogens is 783 g/mol. The number of hydrogen-bond acceptors (Lipinski definition) is 4. The Morgan fingerprint density at radius 3 is 1.02 bits per heavy atom. The molecule has 0 aliphatic heterocycles. The number of aromatic nitrogens is 2. The van der Waals surface area contributed by atoms with Crippen molar-refractivity contribution in [3.8, 4) is 55.6 Å². The molecule has 4 nitrogen and oxygen atoms in total. The van der Waals surface area contributed by atoms with Gasteiger partial charge in [0.15, 0.2) is 0 Å². The molecule has 0 saturated carbocycles. The monoisotopic (exact) mass is 816 g/mol. The van der Waals surface area contributed by atoms with E-state index in [1.807, 2.05) is 73.1 Å². The number of nitrogens with zero attached hydrogens (tertiary/aromatic N) is 2. The quantitative estimate of drug-likeness (QED) is 0.164. The van der Waals surface area contributed by atoms with Crippen LogP contribution in [0, 0.1) is 0 Å². The smallest absolute Gasteiger partial charge is 0.423 e. The fourth-order valence-corrected chi connectivity index (χ4v) is 6.71. The third-order valence-corrected chi connectivity index (χ3v) is 9.18. The zero-order valence-corrected chi connectivity index (χ0v) is 31.8. The van der Waals surface area contributed by atoms with Crippen LogP contribution in [0.25, 0.3) is 55.6 Å². The number of halogens is 2. The van der Waals surface area contributed by atoms with Gasteiger partial charge in [0.05, 0.1) is 0 Å². The zero-order chi connectivity index (χ0) is 36.8. The summed E-state index contributed by atoms with van der Waals surface area (Å²) in [4.78, 5) is 8.43. The lowest BCUT2D eigenvalue weighted by Gasteiger charge is -2.09. The van der Waals surface area contributed by atoms with E-state index in [9.17, 15) is 0 Å². The largest absolute Gasteiger partial charge is 0.488 e. The van der Waals surface area contributed by atoms with Crippen LogP contribution in [0.1, 0.15) is 0 Å². The van der Waals surface area contributed by atoms with Gasteiger partial charge >= 0.3 is 7.12 Å². The maximum Gasteiger partial charge on any atom is 0.488 e. The number of pyridine rings is 2. The lowest BCUT2D eigenvalue weighted by Crippen LogP contribution is -2.29. The lowest BCUT2D eigenvalue weighted by molar-refractivity contribution is 0.426. The Balaban J connectivity index is 0.000000172. The van der Waals surface area contributed by atoms with Gasteiger partial charge in [0, 0.05) is 44.9 Å². The molecule has 2 aromatic heterocycles. The first-order chi connectivity index (χ1) is 25.9. The summed E-state index contributed by atoms with van der Waals surface area (Å²) in [6.07, 6.45) is 7.36. The Bertz CT molecular complexity index is 2240. The highest BCUT2D eigenvalue weighted by atomic mass is 79.9. The van der Waals surface area contributed by atoms with E-state index in [0.717, 1.165) is 31.2 Å². The molecular formula is C46H35BBr2N2O2. The first kappa shape index (κ1) is 37.3. The lowest BCUT2D eigenvalue weighted by atomic mass is 9.79. The molecule has 6 aromatic carbocycles. The van der Waals surface area contributed by atoms with Gasteiger partial charge in [-0.05, 0) is 106 Å². The molecule has 0 aliphatic carbocycles. The molecule has 53 heavy (non-hydrogen) atoms. The molecule has 0 fully saturated rings. The zero-order valence-electron chi connectivity index (χ0n) is 28.7. The molecule has 8 aromatic rings. The van der Waals surface area contributed by atoms with Crippen LogP contribution < -0.4 is 5.46 Å². The summed E-state index contributed by atoms with van der Waals surface area (Å²) in [5.41, 5.74) is 12.0. The standard InChI is InChI=1S/C29H21N.C12H11BO2.C5H3Br2N/c1-3-9-22(10-4-1)24-13-7-15-26(17-24)28-19-29(21-30-20-28)27-16-8-14-25(18-27)23-11-5-2-6-12-23;14-13(15)12-8-4-7-11(9-12)10-5-2-1-3-6-10;6-4-1-5(7)3-8-2-4/h1-21H;1-9,14-15H;1-3H. The van der Waals surface area contributed by atoms with Crippen LogP contribution in [-0.2, 0) is 0 Å². The second kappa shape index (κ2) is 18.9. The van der Waals surface area contributed by atoms with Crippen molar-refractivity contribution < 1.29 is 10.0 Å². The molecule has 0 atom stereocenters. The van der Waals surface area contributed by atoms with Crippen molar-refractivity contribution in [1.29, 1.82) is 0 Å². The molecule has 258 valence electrons. The molecule has 0 amide bonds. The SMILES string of the molecule is Brc1cncc(Br)c1.OB(O)c1cccc(-c2ccccc2)c1.c1ccc(-c2cccc(-c3cncc(-c4cccc(-c5ccccc5)c4)c3)c2)cc1. The third-order valence-electron chi connectivity index (χ3n) is 8.31. The Hall–Kier alpha value is -5.44. The third kappa shape index (κ3) is 10.8. The second-order valence-electron chi connectivity index (χ2n) is 12.0. The summed E-state index contributed by atoms with van der Waals surface area (Å²) in [6, 6.07) is 59.5. The summed E-state index contributed by atoms with van der Waals surface area (Å²) in [7, 11) is -1.41. The first-order valence-corrected chi connectivity index (χ1v) is 18.6. The van der Waals surface area contributed by atoms with E-state index < -0.39 is 7.12 Å². The minimum atomic E-state index is -1.41. The minimum Gasteiger partial charge on any atom is -0.423 e. The molecule has 7 heteroatoms. The average molecular weight is 818 g/mol. The van der Waals surface area contributed by atoms with Gasteiger partial charge in [-0.2, -0.15) is 0 Å². The molecule has 0 unspecified atom stereocenters. The Kier molecular flexibility index (Phi) is 13.3. The van der Waals surface area contributed by atoms with Crippen LogP contribution in [0.5, 0.6) is 0 Å². The van der Waals surface area contributed by atoms with Crippen molar-refractivity contribution in [3.63, 3.8) is 0 Å². The van der Waals surface area contributed by atoms with Gasteiger partial charge in [0.1, 0.15) is 0 Å². The molecule has 0 radical (unpaired) electrons. The maximum atomic E-state index is 9.05. The van der Waals surface area contributed by atoms with E-state index in [0.29, 0.717) is 5.46 Å². The van der Waals surface area contributed by atoms with Crippen molar-refractivity contribution >= 4 is 44.4 Å². The fraction of sp³-hybridized carbons (Fsp3) is 0. The van der Waals surface area contributed by atoms with E-state index in [4.69, 9.17) is 10.0 Å². The molecule has 8 rings (SSSR count). The summed E-state index contributed by atoms with van der Waals surface area (Å²) >= 11 is 6.54. The number of benzene rings is 6. The van der Waals surface area contributed by atoms with Gasteiger partial charge in [-0.25, -0.2) is 0 Å². The highest BCUT2D eigenvalue weighted by molar-refractivity contribution is 9.11. The van der Waals surface area contributed by atoms with Gasteiger partial charge in [0.25, 0.3) is 0 Å². The highest BCUT2D eigenvalue weighted by Gasteiger charge is 2.11. The summed E-state index contributed by atoms with van der Waals surface area (Å²) < 4.78 is 1.98. The van der Waals surface area contributed by atoms with Crippen LogP contribution in [0.3, 0.4) is 0 Å². The Morgan fingerprint density at radius 1 is 0.321 bits per heavy atom. The van der Waals surface area contributed by atoms with E-state index in [2.05, 4.69) is 145 Å². The summed E-state index contributed by atoms with van der Waals surface area (Å²) in [6.45, 7) is 0. The van der Waals surface area contributed by atoms with Crippen molar-refractivity contribution in [3.05, 3.63) is 210 Å². The number of rotatable bonds is 6. The maximum absolute atomic E-state index is 9.05. The first-order valence-electron chi connectivity index (χ1n) is 17.0. The number of hydrogen-bond donors (Lipinski definition) is 2. The molecule has 2 N–H and O–H groups in total. The van der Waals surface area contributed by atoms with Crippen LogP contribution in [-0.4, -0.2) is 27.1 Å². The van der Waals surface area contributed by atoms with Crippen molar-refractivity contribution in [2.45, 2.75) is 0 Å². The average Bonchev–Trinajstić information content (AvgIpc) is 3.22. The molecule has 2 heterocycles. The molecule has 0 aliphatic rings. The van der Waals surface area contributed by atoms with E-state index >= 15 is 0 Å². The van der Waals surface area contributed by atoms with Crippen LogP contribution >= 0.6 is 31.9 Å². The predicted octanol–water partition coefficient (Wildman–Crippen LogP) is 11.4. The van der Waals surface area contributed by atoms with Crippen LogP contribution in [0.4, 0.5) is 0 Å². The van der Waals surface area contributed by atoms with Crippen molar-refractivity contribution in [1.82, 2.24) is 9.97 Å². The summed E-state index contributed by atoms with van der Waals surface area (Å²) in [5, 5.41) is 18.1. The van der Waals surface area contributed by atoms with Crippen LogP contribution in [0.2, 0.25) is 0 Å². The van der Waals surface area contributed by atoms with E-state index in [-0.39, 0.29) is 0 Å². The van der Waals surface area contributed by atoms with Crippen LogP contribution in [0.15, 0.2) is 210 Å². The van der Waals surface area contributed by atoms with E-state index in [1.165, 1.54) is 33.4 Å². The van der Waals surface area contributed by atoms with Gasteiger partial charge in [-0.3, -0.25) is 9.97 Å². The van der Waals surface area contributed by atoms with Gasteiger partial charge in [-0.1, -0.05) is 152 Å². The molecule has 0 bridgehead atoms. The highest BCUT2D eigenvalue weighted by Crippen LogP contribution is 2.31. The van der Waals surface area contributed by atoms with Gasteiger partial charge < -0.3 is 10.0 Å². The minimum absolute atomic E-state index is 0.511. The normalized spacial score (nSPS) is 10.3.